The topological polar surface area (TPSA) is 26.3 Å². The maximum Gasteiger partial charge on any atom is 0.321 e. The minimum Gasteiger partial charge on any atom is -0.461 e. The number of fused-ring (bicyclic) bond motifs is 7. The van der Waals surface area contributed by atoms with Gasteiger partial charge in [-0.3, -0.25) is 4.79 Å². The highest BCUT2D eigenvalue weighted by molar-refractivity contribution is 6.26. The molecule has 0 aromatic heterocycles. The zero-order valence-electron chi connectivity index (χ0n) is 24.1. The Labute approximate surface area is 221 Å². The van der Waals surface area contributed by atoms with Gasteiger partial charge in [0.2, 0.25) is 0 Å². The summed E-state index contributed by atoms with van der Waals surface area (Å²) in [5, 5.41) is 0. The zero-order chi connectivity index (χ0) is 25.7. The summed E-state index contributed by atoms with van der Waals surface area (Å²) in [6, 6.07) is 0. The number of esters is 1. The van der Waals surface area contributed by atoms with Gasteiger partial charge in [-0.15, -0.1) is 11.6 Å². The first-order valence-corrected chi connectivity index (χ1v) is 15.4. The van der Waals surface area contributed by atoms with E-state index in [-0.39, 0.29) is 23.4 Å². The molecule has 0 bridgehead atoms. The zero-order valence-corrected chi connectivity index (χ0v) is 24.8. The lowest BCUT2D eigenvalue weighted by atomic mass is 9.30. The molecule has 5 rings (SSSR count). The molecule has 0 radical (unpaired) electrons. The largest absolute Gasteiger partial charge is 0.461 e. The van der Waals surface area contributed by atoms with Crippen LogP contribution < -0.4 is 0 Å². The van der Waals surface area contributed by atoms with Gasteiger partial charge < -0.3 is 4.74 Å². The molecule has 5 aliphatic rings. The van der Waals surface area contributed by atoms with Crippen LogP contribution in [0.4, 0.5) is 0 Å². The van der Waals surface area contributed by atoms with Gasteiger partial charge in [-0.2, -0.15) is 0 Å². The third-order valence-electron chi connectivity index (χ3n) is 14.3. The molecule has 0 heterocycles. The quantitative estimate of drug-likeness (QED) is 0.277. The van der Waals surface area contributed by atoms with Crippen molar-refractivity contribution in [3.63, 3.8) is 0 Å². The van der Waals surface area contributed by atoms with E-state index in [9.17, 15) is 4.79 Å². The molecule has 5 aliphatic carbocycles. The Hall–Kier alpha value is -0.240. The highest BCUT2D eigenvalue weighted by Crippen LogP contribution is 2.78. The summed E-state index contributed by atoms with van der Waals surface area (Å²) in [4.78, 5) is 12.0. The molecular formula is C32H53ClO2. The highest BCUT2D eigenvalue weighted by Gasteiger charge is 2.70. The Bertz CT molecular complexity index is 868. The van der Waals surface area contributed by atoms with Crippen molar-refractivity contribution < 1.29 is 9.53 Å². The molecule has 0 aromatic carbocycles. The number of hydrogen-bond acceptors (Lipinski definition) is 2. The fraction of sp³-hybridized carbons (Fsp3) is 0.969. The standard InChI is InChI=1S/C32H53ClO2/c1-21-22(35-26(34)20-33)9-10-23-29(21,5)12-11-24-30(23,6)16-18-32(8)25-19-27(2,3)13-14-28(25,4)15-17-31(24,32)7/h21-25H,9-20H2,1-8H3/t21-,22-,23+,24-,25+,28+,29+,30-,31+,32-/m0/s1. The third kappa shape index (κ3) is 3.56. The third-order valence-corrected chi connectivity index (χ3v) is 14.5. The van der Waals surface area contributed by atoms with Gasteiger partial charge in [0.25, 0.3) is 0 Å². The van der Waals surface area contributed by atoms with Crippen molar-refractivity contribution in [3.8, 4) is 0 Å². The van der Waals surface area contributed by atoms with Crippen LogP contribution in [0.2, 0.25) is 0 Å². The summed E-state index contributed by atoms with van der Waals surface area (Å²) < 4.78 is 5.88. The van der Waals surface area contributed by atoms with Crippen LogP contribution in [0.5, 0.6) is 0 Å². The molecule has 0 N–H and O–H groups in total. The molecule has 3 heteroatoms. The summed E-state index contributed by atoms with van der Waals surface area (Å²) >= 11 is 5.80. The minimum atomic E-state index is -0.243. The lowest BCUT2D eigenvalue weighted by molar-refractivity contribution is -0.263. The molecule has 5 saturated carbocycles. The molecule has 0 aliphatic heterocycles. The maximum atomic E-state index is 12.0. The number of alkyl halides is 1. The summed E-state index contributed by atoms with van der Waals surface area (Å²) in [6.45, 7) is 20.8. The summed E-state index contributed by atoms with van der Waals surface area (Å²) in [5.74, 6) is 2.53. The van der Waals surface area contributed by atoms with Crippen molar-refractivity contribution >= 4 is 17.6 Å². The second kappa shape index (κ2) is 8.13. The fourth-order valence-electron chi connectivity index (χ4n) is 11.7. The van der Waals surface area contributed by atoms with E-state index in [1.807, 2.05) is 0 Å². The van der Waals surface area contributed by atoms with E-state index in [1.54, 1.807) is 0 Å². The van der Waals surface area contributed by atoms with Gasteiger partial charge in [0, 0.05) is 0 Å². The van der Waals surface area contributed by atoms with E-state index in [2.05, 4.69) is 55.4 Å². The molecule has 2 nitrogen and oxygen atoms in total. The Morgan fingerprint density at radius 3 is 2.06 bits per heavy atom. The number of carbonyl (C=O) groups is 1. The van der Waals surface area contributed by atoms with Crippen molar-refractivity contribution in [2.24, 2.45) is 56.2 Å². The lowest BCUT2D eigenvalue weighted by Gasteiger charge is -2.75. The first-order chi connectivity index (χ1) is 16.2. The van der Waals surface area contributed by atoms with E-state index in [4.69, 9.17) is 16.3 Å². The molecule has 5 fully saturated rings. The van der Waals surface area contributed by atoms with Crippen molar-refractivity contribution in [1.29, 1.82) is 0 Å². The Kier molecular flexibility index (Phi) is 6.13. The Balaban J connectivity index is 1.47. The van der Waals surface area contributed by atoms with E-state index < -0.39 is 0 Å². The number of ether oxygens (including phenoxy) is 1. The molecule has 0 unspecified atom stereocenters. The lowest BCUT2D eigenvalue weighted by Crippen LogP contribution is -2.68. The van der Waals surface area contributed by atoms with Crippen molar-refractivity contribution in [1.82, 2.24) is 0 Å². The number of hydrogen-bond donors (Lipinski definition) is 0. The van der Waals surface area contributed by atoms with Gasteiger partial charge in [-0.1, -0.05) is 55.4 Å². The van der Waals surface area contributed by atoms with Crippen molar-refractivity contribution in [2.45, 2.75) is 132 Å². The second-order valence-electron chi connectivity index (χ2n) is 16.1. The second-order valence-corrected chi connectivity index (χ2v) is 16.4. The van der Waals surface area contributed by atoms with E-state index in [0.29, 0.717) is 33.0 Å². The predicted octanol–water partition coefficient (Wildman–Crippen LogP) is 9.04. The van der Waals surface area contributed by atoms with Crippen LogP contribution in [0, 0.1) is 56.2 Å². The average molecular weight is 505 g/mol. The number of halogens is 1. The first kappa shape index (κ1) is 26.4. The van der Waals surface area contributed by atoms with Crippen LogP contribution in [-0.2, 0) is 9.53 Å². The molecule has 0 spiro atoms. The molecule has 0 aromatic rings. The van der Waals surface area contributed by atoms with Gasteiger partial charge in [0.15, 0.2) is 0 Å². The van der Waals surface area contributed by atoms with E-state index in [1.165, 1.54) is 64.2 Å². The monoisotopic (exact) mass is 504 g/mol. The molecule has 0 saturated heterocycles. The van der Waals surface area contributed by atoms with Crippen LogP contribution in [0.25, 0.3) is 0 Å². The van der Waals surface area contributed by atoms with Crippen molar-refractivity contribution in [2.75, 3.05) is 5.88 Å². The van der Waals surface area contributed by atoms with Crippen LogP contribution in [0.3, 0.4) is 0 Å². The van der Waals surface area contributed by atoms with Crippen LogP contribution in [-0.4, -0.2) is 18.0 Å². The molecular weight excluding hydrogens is 452 g/mol. The summed E-state index contributed by atoms with van der Waals surface area (Å²) in [5.41, 5.74) is 2.57. The smallest absolute Gasteiger partial charge is 0.321 e. The average Bonchev–Trinajstić information content (AvgIpc) is 2.79. The van der Waals surface area contributed by atoms with E-state index in [0.717, 1.165) is 24.2 Å². The SMILES string of the molecule is C[C@H]1[C@@H](OC(=O)CCl)CC[C@@H]2[C@]1(C)CC[C@H]1[C@@]2(C)CC[C@@]2(C)[C@@H]3CC(C)(C)CC[C@]3(C)CC[C@]12C. The molecule has 0 amide bonds. The van der Waals surface area contributed by atoms with Gasteiger partial charge in [0.05, 0.1) is 0 Å². The van der Waals surface area contributed by atoms with Crippen molar-refractivity contribution in [3.05, 3.63) is 0 Å². The number of carbonyl (C=O) groups excluding carboxylic acids is 1. The van der Waals surface area contributed by atoms with Gasteiger partial charge in [-0.25, -0.2) is 0 Å². The normalized spacial score (nSPS) is 55.1. The highest BCUT2D eigenvalue weighted by atomic mass is 35.5. The van der Waals surface area contributed by atoms with Crippen LogP contribution in [0.1, 0.15) is 126 Å². The Morgan fingerprint density at radius 1 is 0.743 bits per heavy atom. The molecule has 35 heavy (non-hydrogen) atoms. The number of rotatable bonds is 2. The fourth-order valence-corrected chi connectivity index (χ4v) is 11.8. The van der Waals surface area contributed by atoms with Gasteiger partial charge in [0.1, 0.15) is 12.0 Å². The van der Waals surface area contributed by atoms with Gasteiger partial charge >= 0.3 is 5.97 Å². The maximum absolute atomic E-state index is 12.0. The summed E-state index contributed by atoms with van der Waals surface area (Å²) in [6.07, 6.45) is 14.8. The van der Waals surface area contributed by atoms with Crippen LogP contribution in [0.15, 0.2) is 0 Å². The predicted molar refractivity (Wildman–Crippen MR) is 145 cm³/mol. The summed E-state index contributed by atoms with van der Waals surface area (Å²) in [7, 11) is 0. The molecule has 200 valence electrons. The Morgan fingerprint density at radius 2 is 1.37 bits per heavy atom. The van der Waals surface area contributed by atoms with Crippen LogP contribution >= 0.6 is 11.6 Å². The van der Waals surface area contributed by atoms with Gasteiger partial charge in [-0.05, 0) is 127 Å². The minimum absolute atomic E-state index is 0.0308. The van der Waals surface area contributed by atoms with E-state index >= 15 is 0 Å². The first-order valence-electron chi connectivity index (χ1n) is 14.9. The molecule has 10 atom stereocenters.